The molecule has 0 aliphatic carbocycles. The summed E-state index contributed by atoms with van der Waals surface area (Å²) in [4.78, 5) is 77.1. The summed E-state index contributed by atoms with van der Waals surface area (Å²) in [6.45, 7) is 0. The Labute approximate surface area is 155 Å². The third-order valence-corrected chi connectivity index (χ3v) is 4.94. The van der Waals surface area contributed by atoms with Crippen molar-refractivity contribution in [1.29, 1.82) is 0 Å². The lowest BCUT2D eigenvalue weighted by atomic mass is 10.2. The van der Waals surface area contributed by atoms with Gasteiger partial charge in [-0.15, -0.1) is 0 Å². The lowest BCUT2D eigenvalue weighted by Gasteiger charge is -2.06. The van der Waals surface area contributed by atoms with Crippen molar-refractivity contribution in [2.75, 3.05) is 0 Å². The van der Waals surface area contributed by atoms with Gasteiger partial charge in [0, 0.05) is 0 Å². The quantitative estimate of drug-likeness (QED) is 0.320. The number of hydrogen-bond acceptors (Lipinski definition) is 12. The minimum Gasteiger partial charge on any atom is -0.441 e. The van der Waals surface area contributed by atoms with E-state index in [1.54, 1.807) is 0 Å². The Morgan fingerprint density at radius 3 is 0.433 bits per heavy atom. The van der Waals surface area contributed by atoms with Crippen LogP contribution in [0.25, 0.3) is 67.0 Å². The third-order valence-electron chi connectivity index (χ3n) is 4.94. The van der Waals surface area contributed by atoms with E-state index in [1.807, 2.05) is 0 Å². The van der Waals surface area contributed by atoms with Crippen LogP contribution in [-0.4, -0.2) is 0 Å². The first-order valence-electron chi connectivity index (χ1n) is 8.17. The van der Waals surface area contributed by atoms with E-state index in [0.29, 0.717) is 0 Å². The van der Waals surface area contributed by atoms with Gasteiger partial charge in [0.2, 0.25) is 67.0 Å². The molecule has 144 valence electrons. The normalized spacial score (nSPS) is 12.8. The second-order valence-electron chi connectivity index (χ2n) is 6.54. The van der Waals surface area contributed by atoms with E-state index in [0.717, 1.165) is 0 Å². The fourth-order valence-electron chi connectivity index (χ4n) is 3.58. The lowest BCUT2D eigenvalue weighted by molar-refractivity contribution is 0.534. The molecule has 0 aromatic carbocycles. The van der Waals surface area contributed by atoms with Gasteiger partial charge in [0.15, 0.2) is 0 Å². The zero-order chi connectivity index (χ0) is 20.6. The lowest BCUT2D eigenvalue weighted by Crippen LogP contribution is -2.21. The second kappa shape index (κ2) is 4.30. The molecule has 6 aromatic rings. The molecular formula is C18O12. The molecule has 6 heterocycles. The Hall–Kier alpha value is -4.74. The van der Waals surface area contributed by atoms with E-state index in [4.69, 9.17) is 26.5 Å². The van der Waals surface area contributed by atoms with E-state index < -0.39 is 99.6 Å². The Kier molecular flexibility index (Phi) is 2.18. The number of rotatable bonds is 0. The SMILES string of the molecule is O=c1c2oc3c(=O)c4oc5c(=O)c6oc1c1oc2c(=O)c3oc4c(=O)c5oc6c1=O. The highest BCUT2D eigenvalue weighted by Gasteiger charge is 2.29. The summed E-state index contributed by atoms with van der Waals surface area (Å²) in [5.74, 6) is 0. The minimum absolute atomic E-state index is 0.751. The van der Waals surface area contributed by atoms with Gasteiger partial charge in [-0.1, -0.05) is 0 Å². The van der Waals surface area contributed by atoms with Crippen molar-refractivity contribution in [1.82, 2.24) is 0 Å². The molecule has 12 nitrogen and oxygen atoms in total. The molecular weight excluding hydrogens is 408 g/mol. The van der Waals surface area contributed by atoms with Crippen molar-refractivity contribution < 1.29 is 26.5 Å². The van der Waals surface area contributed by atoms with Gasteiger partial charge in [-0.05, 0) is 0 Å². The largest absolute Gasteiger partial charge is 0.441 e. The molecule has 0 amide bonds. The maximum atomic E-state index is 12.9. The van der Waals surface area contributed by atoms with Gasteiger partial charge in [0.1, 0.15) is 0 Å². The van der Waals surface area contributed by atoms with Crippen LogP contribution in [0.3, 0.4) is 0 Å². The molecule has 0 N–H and O–H groups in total. The predicted octanol–water partition coefficient (Wildman–Crippen LogP) is 0.638. The van der Waals surface area contributed by atoms with E-state index in [-0.39, 0.29) is 0 Å². The molecule has 12 heteroatoms. The van der Waals surface area contributed by atoms with Crippen molar-refractivity contribution in [3.63, 3.8) is 0 Å². The molecule has 0 saturated heterocycles. The third kappa shape index (κ3) is 1.38. The van der Waals surface area contributed by atoms with Crippen LogP contribution in [-0.2, 0) is 0 Å². The molecule has 30 heavy (non-hydrogen) atoms. The summed E-state index contributed by atoms with van der Waals surface area (Å²) in [6.07, 6.45) is 0. The molecule has 0 radical (unpaired) electrons. The Balaban J connectivity index is 2.16. The van der Waals surface area contributed by atoms with Crippen LogP contribution in [0, 0.1) is 0 Å². The highest BCUT2D eigenvalue weighted by atomic mass is 16.4. The molecule has 0 spiro atoms. The Morgan fingerprint density at radius 1 is 0.233 bits per heavy atom. The van der Waals surface area contributed by atoms with Gasteiger partial charge in [0.25, 0.3) is 32.6 Å². The predicted molar refractivity (Wildman–Crippen MR) is 96.3 cm³/mol. The van der Waals surface area contributed by atoms with Crippen LogP contribution >= 0.6 is 0 Å². The summed E-state index contributed by atoms with van der Waals surface area (Å²) in [6, 6.07) is 0. The molecule has 0 bridgehead atoms. The monoisotopic (exact) mass is 408 g/mol. The van der Waals surface area contributed by atoms with E-state index >= 15 is 0 Å². The molecule has 0 unspecified atom stereocenters. The average Bonchev–Trinajstić information content (AvgIpc) is 2.72. The highest BCUT2D eigenvalue weighted by Crippen LogP contribution is 2.25. The first-order valence-corrected chi connectivity index (χ1v) is 8.17. The van der Waals surface area contributed by atoms with Gasteiger partial charge in [-0.3, -0.25) is 28.8 Å². The summed E-state index contributed by atoms with van der Waals surface area (Å²) in [5, 5.41) is 0. The van der Waals surface area contributed by atoms with Crippen molar-refractivity contribution in [2.24, 2.45) is 0 Å². The fourth-order valence-corrected chi connectivity index (χ4v) is 3.58. The van der Waals surface area contributed by atoms with Crippen molar-refractivity contribution in [3.8, 4) is 0 Å². The Bertz CT molecular complexity index is 1680. The summed E-state index contributed by atoms with van der Waals surface area (Å²) < 4.78 is 31.6. The molecule has 0 atom stereocenters. The van der Waals surface area contributed by atoms with E-state index in [2.05, 4.69) is 0 Å². The number of fused-ring (bicyclic) bond motifs is 6. The van der Waals surface area contributed by atoms with Crippen LogP contribution in [0.15, 0.2) is 55.3 Å². The minimum atomic E-state index is -1.12. The van der Waals surface area contributed by atoms with Crippen molar-refractivity contribution in [3.05, 3.63) is 61.3 Å². The summed E-state index contributed by atoms with van der Waals surface area (Å²) in [5.41, 5.74) is -15.7. The number of hydrogen-bond donors (Lipinski definition) is 0. The summed E-state index contributed by atoms with van der Waals surface area (Å²) >= 11 is 0. The van der Waals surface area contributed by atoms with E-state index in [9.17, 15) is 28.8 Å². The van der Waals surface area contributed by atoms with Gasteiger partial charge >= 0.3 is 0 Å². The maximum Gasteiger partial charge on any atom is 0.271 e. The topological polar surface area (TPSA) is 181 Å². The van der Waals surface area contributed by atoms with Crippen LogP contribution in [0.1, 0.15) is 0 Å². The first kappa shape index (κ1) is 15.2. The van der Waals surface area contributed by atoms with Gasteiger partial charge in [0.05, 0.1) is 0 Å². The zero-order valence-electron chi connectivity index (χ0n) is 13.9. The molecule has 0 aliphatic rings. The summed E-state index contributed by atoms with van der Waals surface area (Å²) in [7, 11) is 0. The van der Waals surface area contributed by atoms with Crippen LogP contribution < -0.4 is 32.6 Å². The molecule has 0 fully saturated rings. The van der Waals surface area contributed by atoms with Gasteiger partial charge in [-0.2, -0.15) is 0 Å². The molecule has 0 aliphatic heterocycles. The standard InChI is InChI=1S/C18O12/c19-1-7-9-2(20)13-11(25-7)4(22)15-17(28-13)6(24)18-16(30-15)5(23)12-14(29-18)3(21)10(27-9)8(1)26-12. The van der Waals surface area contributed by atoms with Gasteiger partial charge in [-0.25, -0.2) is 0 Å². The second-order valence-corrected chi connectivity index (χ2v) is 6.54. The molecule has 6 aromatic heterocycles. The van der Waals surface area contributed by atoms with Crippen LogP contribution in [0.2, 0.25) is 0 Å². The zero-order valence-corrected chi connectivity index (χ0v) is 13.9. The molecule has 6 rings (SSSR count). The van der Waals surface area contributed by atoms with E-state index in [1.165, 1.54) is 0 Å². The Morgan fingerprint density at radius 2 is 0.333 bits per heavy atom. The molecule has 0 saturated carbocycles. The van der Waals surface area contributed by atoms with Crippen molar-refractivity contribution >= 4 is 67.0 Å². The van der Waals surface area contributed by atoms with Crippen LogP contribution in [0.4, 0.5) is 0 Å². The highest BCUT2D eigenvalue weighted by molar-refractivity contribution is 5.96. The first-order chi connectivity index (χ1) is 14.4. The van der Waals surface area contributed by atoms with Crippen LogP contribution in [0.5, 0.6) is 0 Å². The van der Waals surface area contributed by atoms with Crippen molar-refractivity contribution in [2.45, 2.75) is 0 Å². The smallest absolute Gasteiger partial charge is 0.271 e. The van der Waals surface area contributed by atoms with Gasteiger partial charge < -0.3 is 26.5 Å². The fraction of sp³-hybridized carbons (Fsp3) is 0. The average molecular weight is 408 g/mol. The maximum absolute atomic E-state index is 12.9.